The number of nitrogens with two attached hydrogens (primary N) is 1. The maximum absolute atomic E-state index is 12.2. The maximum atomic E-state index is 12.2. The van der Waals surface area contributed by atoms with Crippen LogP contribution in [0, 0.1) is 12.8 Å². The summed E-state index contributed by atoms with van der Waals surface area (Å²) in [4.78, 5) is 12.2. The number of aryl methyl sites for hydroxylation is 1. The van der Waals surface area contributed by atoms with Gasteiger partial charge in [0, 0.05) is 16.1 Å². The second-order valence-electron chi connectivity index (χ2n) is 4.97. The molecule has 3 nitrogen and oxygen atoms in total. The zero-order chi connectivity index (χ0) is 13.1. The van der Waals surface area contributed by atoms with Crippen molar-refractivity contribution in [3.05, 3.63) is 33.8 Å². The first-order chi connectivity index (χ1) is 8.61. The van der Waals surface area contributed by atoms with Gasteiger partial charge in [0.05, 0.1) is 0 Å². The fourth-order valence-corrected chi connectivity index (χ4v) is 3.11. The molecule has 1 saturated carbocycles. The highest BCUT2D eigenvalue weighted by atomic mass is 79.9. The van der Waals surface area contributed by atoms with E-state index in [1.165, 1.54) is 0 Å². The second-order valence-corrected chi connectivity index (χ2v) is 5.88. The minimum absolute atomic E-state index is 0.0188. The average molecular weight is 311 g/mol. The zero-order valence-corrected chi connectivity index (χ0v) is 12.2. The summed E-state index contributed by atoms with van der Waals surface area (Å²) in [6.07, 6.45) is 3.33. The van der Waals surface area contributed by atoms with E-state index in [0.717, 1.165) is 34.9 Å². The van der Waals surface area contributed by atoms with Crippen molar-refractivity contribution in [3.8, 4) is 0 Å². The van der Waals surface area contributed by atoms with E-state index in [1.54, 1.807) is 0 Å². The van der Waals surface area contributed by atoms with Gasteiger partial charge in [-0.05, 0) is 56.0 Å². The van der Waals surface area contributed by atoms with Crippen LogP contribution in [0.25, 0.3) is 0 Å². The number of carbonyl (C=O) groups excluding carboxylic acids is 1. The molecule has 0 saturated heterocycles. The molecule has 0 radical (unpaired) electrons. The Balaban J connectivity index is 2.07. The molecule has 3 N–H and O–H groups in total. The third-order valence-electron chi connectivity index (χ3n) is 3.71. The monoisotopic (exact) mass is 310 g/mol. The molecule has 1 amide bonds. The fraction of sp³-hybridized carbons (Fsp3) is 0.500. The molecule has 2 atom stereocenters. The molecular weight excluding hydrogens is 292 g/mol. The van der Waals surface area contributed by atoms with Crippen LogP contribution < -0.4 is 11.1 Å². The largest absolute Gasteiger partial charge is 0.349 e. The van der Waals surface area contributed by atoms with Crippen molar-refractivity contribution in [1.29, 1.82) is 0 Å². The van der Waals surface area contributed by atoms with Gasteiger partial charge in [-0.2, -0.15) is 0 Å². The molecule has 2 rings (SSSR count). The topological polar surface area (TPSA) is 55.1 Å². The molecule has 2 unspecified atom stereocenters. The van der Waals surface area contributed by atoms with Crippen LogP contribution in [0.2, 0.25) is 0 Å². The first kappa shape index (κ1) is 13.6. The zero-order valence-electron chi connectivity index (χ0n) is 10.6. The molecule has 18 heavy (non-hydrogen) atoms. The summed E-state index contributed by atoms with van der Waals surface area (Å²) >= 11 is 3.41. The number of amides is 1. The van der Waals surface area contributed by atoms with Gasteiger partial charge >= 0.3 is 0 Å². The highest BCUT2D eigenvalue weighted by molar-refractivity contribution is 9.10. The first-order valence-electron chi connectivity index (χ1n) is 6.39. The first-order valence-corrected chi connectivity index (χ1v) is 7.18. The van der Waals surface area contributed by atoms with Gasteiger partial charge in [-0.1, -0.05) is 22.4 Å². The Morgan fingerprint density at radius 2 is 2.28 bits per heavy atom. The minimum Gasteiger partial charge on any atom is -0.349 e. The lowest BCUT2D eigenvalue weighted by Crippen LogP contribution is -2.40. The van der Waals surface area contributed by atoms with Gasteiger partial charge in [0.2, 0.25) is 0 Å². The Labute approximate surface area is 116 Å². The van der Waals surface area contributed by atoms with Crippen LogP contribution in [0.5, 0.6) is 0 Å². The van der Waals surface area contributed by atoms with Crippen molar-refractivity contribution in [3.63, 3.8) is 0 Å². The van der Waals surface area contributed by atoms with Gasteiger partial charge in [-0.3, -0.25) is 4.79 Å². The van der Waals surface area contributed by atoms with E-state index in [9.17, 15) is 4.79 Å². The number of rotatable bonds is 3. The summed E-state index contributed by atoms with van der Waals surface area (Å²) in [5.41, 5.74) is 7.47. The van der Waals surface area contributed by atoms with E-state index in [-0.39, 0.29) is 11.9 Å². The van der Waals surface area contributed by atoms with E-state index in [4.69, 9.17) is 5.73 Å². The summed E-state index contributed by atoms with van der Waals surface area (Å²) in [6, 6.07) is 5.97. The maximum Gasteiger partial charge on any atom is 0.251 e. The molecular formula is C14H19BrN2O. The molecule has 0 heterocycles. The average Bonchev–Trinajstić information content (AvgIpc) is 2.76. The van der Waals surface area contributed by atoms with Crippen molar-refractivity contribution in [1.82, 2.24) is 5.32 Å². The van der Waals surface area contributed by atoms with E-state index >= 15 is 0 Å². The second kappa shape index (κ2) is 5.85. The van der Waals surface area contributed by atoms with Crippen LogP contribution in [0.4, 0.5) is 0 Å². The van der Waals surface area contributed by atoms with Crippen LogP contribution in [0.1, 0.15) is 35.2 Å². The Bertz CT molecular complexity index is 447. The van der Waals surface area contributed by atoms with Crippen molar-refractivity contribution in [2.45, 2.75) is 32.2 Å². The molecule has 1 fully saturated rings. The Hall–Kier alpha value is -0.870. The lowest BCUT2D eigenvalue weighted by Gasteiger charge is -2.20. The van der Waals surface area contributed by atoms with Crippen molar-refractivity contribution >= 4 is 21.8 Å². The predicted molar refractivity (Wildman–Crippen MR) is 76.5 cm³/mol. The fourth-order valence-electron chi connectivity index (χ4n) is 2.64. The van der Waals surface area contributed by atoms with Crippen molar-refractivity contribution < 1.29 is 4.79 Å². The van der Waals surface area contributed by atoms with Gasteiger partial charge in [-0.15, -0.1) is 0 Å². The number of halogens is 1. The summed E-state index contributed by atoms with van der Waals surface area (Å²) in [5, 5.41) is 3.12. The highest BCUT2D eigenvalue weighted by Gasteiger charge is 2.27. The van der Waals surface area contributed by atoms with E-state index < -0.39 is 0 Å². The molecule has 98 valence electrons. The number of hydrogen-bond donors (Lipinski definition) is 2. The quantitative estimate of drug-likeness (QED) is 0.901. The van der Waals surface area contributed by atoms with Gasteiger partial charge in [0.1, 0.15) is 0 Å². The number of nitrogens with one attached hydrogen (secondary N) is 1. The van der Waals surface area contributed by atoms with Crippen LogP contribution in [-0.4, -0.2) is 18.5 Å². The molecule has 1 aromatic carbocycles. The molecule has 0 aromatic heterocycles. The van der Waals surface area contributed by atoms with Gasteiger partial charge < -0.3 is 11.1 Å². The summed E-state index contributed by atoms with van der Waals surface area (Å²) in [6.45, 7) is 2.61. The molecule has 4 heteroatoms. The standard InChI is InChI=1S/C14H19BrN2O/c1-9-7-11(15)5-6-12(9)14(18)17-13-4-2-3-10(13)8-16/h5-7,10,13H,2-4,8,16H2,1H3,(H,17,18). The summed E-state index contributed by atoms with van der Waals surface area (Å²) < 4.78 is 0.997. The third-order valence-corrected chi connectivity index (χ3v) is 4.20. The number of hydrogen-bond acceptors (Lipinski definition) is 2. The van der Waals surface area contributed by atoms with E-state index in [2.05, 4.69) is 21.2 Å². The van der Waals surface area contributed by atoms with Gasteiger partial charge in [0.25, 0.3) is 5.91 Å². The highest BCUT2D eigenvalue weighted by Crippen LogP contribution is 2.25. The minimum atomic E-state index is 0.0188. The van der Waals surface area contributed by atoms with Crippen LogP contribution >= 0.6 is 15.9 Å². The number of carbonyl (C=O) groups is 1. The lowest BCUT2D eigenvalue weighted by atomic mass is 10.0. The van der Waals surface area contributed by atoms with Gasteiger partial charge in [-0.25, -0.2) is 0 Å². The third kappa shape index (κ3) is 2.93. The molecule has 1 aromatic rings. The van der Waals surface area contributed by atoms with E-state index in [0.29, 0.717) is 12.5 Å². The van der Waals surface area contributed by atoms with Crippen molar-refractivity contribution in [2.24, 2.45) is 11.7 Å². The normalized spacial score (nSPS) is 23.1. The Kier molecular flexibility index (Phi) is 4.40. The molecule has 1 aliphatic carbocycles. The van der Waals surface area contributed by atoms with Crippen LogP contribution in [0.3, 0.4) is 0 Å². The predicted octanol–water partition coefficient (Wildman–Crippen LogP) is 2.61. The molecule has 1 aliphatic rings. The Morgan fingerprint density at radius 1 is 1.50 bits per heavy atom. The Morgan fingerprint density at radius 3 is 2.94 bits per heavy atom. The van der Waals surface area contributed by atoms with Crippen LogP contribution in [0.15, 0.2) is 22.7 Å². The van der Waals surface area contributed by atoms with Gasteiger partial charge in [0.15, 0.2) is 0 Å². The molecule has 0 aliphatic heterocycles. The number of benzene rings is 1. The molecule has 0 bridgehead atoms. The lowest BCUT2D eigenvalue weighted by molar-refractivity contribution is 0.0928. The molecule has 0 spiro atoms. The van der Waals surface area contributed by atoms with Crippen LogP contribution in [-0.2, 0) is 0 Å². The summed E-state index contributed by atoms with van der Waals surface area (Å²) in [7, 11) is 0. The summed E-state index contributed by atoms with van der Waals surface area (Å²) in [5.74, 6) is 0.454. The smallest absolute Gasteiger partial charge is 0.251 e. The van der Waals surface area contributed by atoms with Crippen molar-refractivity contribution in [2.75, 3.05) is 6.54 Å². The van der Waals surface area contributed by atoms with E-state index in [1.807, 2.05) is 25.1 Å². The SMILES string of the molecule is Cc1cc(Br)ccc1C(=O)NC1CCCC1CN.